The van der Waals surface area contributed by atoms with Crippen molar-refractivity contribution in [2.75, 3.05) is 19.0 Å². The van der Waals surface area contributed by atoms with Gasteiger partial charge in [-0.25, -0.2) is 4.79 Å². The number of fused-ring (bicyclic) bond motifs is 1. The van der Waals surface area contributed by atoms with Crippen molar-refractivity contribution in [3.8, 4) is 11.5 Å². The summed E-state index contributed by atoms with van der Waals surface area (Å²) in [5.74, 6) is 1.11. The molecule has 7 heteroatoms. The topological polar surface area (TPSA) is 73.9 Å². The fraction of sp³-hybridized carbons (Fsp3) is 0.500. The van der Waals surface area contributed by atoms with Gasteiger partial charge in [-0.3, -0.25) is 4.79 Å². The Morgan fingerprint density at radius 3 is 2.60 bits per heavy atom. The molecule has 0 spiro atoms. The van der Waals surface area contributed by atoms with E-state index in [0.29, 0.717) is 34.6 Å². The Bertz CT molecular complexity index is 1090. The lowest BCUT2D eigenvalue weighted by Gasteiger charge is -2.33. The molecule has 1 atom stereocenters. The van der Waals surface area contributed by atoms with E-state index in [1.807, 2.05) is 32.0 Å². The largest absolute Gasteiger partial charge is 0.493 e. The monoisotopic (exact) mass is 499 g/mol. The smallest absolute Gasteiger partial charge is 0.341 e. The van der Waals surface area contributed by atoms with E-state index in [9.17, 15) is 9.59 Å². The van der Waals surface area contributed by atoms with Crippen LogP contribution in [0.5, 0.6) is 11.5 Å². The minimum Gasteiger partial charge on any atom is -0.493 e. The number of carbonyl (C=O) groups excluding carboxylic acids is 2. The van der Waals surface area contributed by atoms with Gasteiger partial charge >= 0.3 is 5.97 Å². The number of nitrogens with one attached hydrogen (secondary N) is 1. The molecule has 0 saturated carbocycles. The zero-order valence-corrected chi connectivity index (χ0v) is 22.6. The molecule has 1 heterocycles. The van der Waals surface area contributed by atoms with Gasteiger partial charge in [0.25, 0.3) is 0 Å². The van der Waals surface area contributed by atoms with Crippen LogP contribution in [0.3, 0.4) is 0 Å². The van der Waals surface area contributed by atoms with Gasteiger partial charge in [0.05, 0.1) is 25.4 Å². The number of hydrogen-bond donors (Lipinski definition) is 1. The second kappa shape index (κ2) is 11.3. The summed E-state index contributed by atoms with van der Waals surface area (Å²) in [6.45, 7) is 12.8. The first-order valence-electron chi connectivity index (χ1n) is 12.2. The van der Waals surface area contributed by atoms with Crippen LogP contribution in [0.2, 0.25) is 0 Å². The molecule has 0 fully saturated rings. The standard InChI is InChI=1S/C28H37NO5S/c1-8-33-27(31)25-20-12-11-19(28(4,5)6)16-23(20)35-26(25)29-24(30)14-10-18-9-13-21(34-17(2)3)22(15-18)32-7/h9-10,13-15,17,19H,8,11-12,16H2,1-7H3,(H,29,30)/b14-10+. The van der Waals surface area contributed by atoms with Crippen LogP contribution in [-0.2, 0) is 22.4 Å². The second-order valence-corrected chi connectivity index (χ2v) is 11.2. The van der Waals surface area contributed by atoms with Crippen LogP contribution in [0.4, 0.5) is 5.00 Å². The van der Waals surface area contributed by atoms with Crippen molar-refractivity contribution < 1.29 is 23.8 Å². The summed E-state index contributed by atoms with van der Waals surface area (Å²) in [7, 11) is 1.59. The van der Waals surface area contributed by atoms with E-state index in [0.717, 1.165) is 30.4 Å². The van der Waals surface area contributed by atoms with E-state index >= 15 is 0 Å². The fourth-order valence-corrected chi connectivity index (χ4v) is 5.62. The van der Waals surface area contributed by atoms with E-state index in [1.54, 1.807) is 20.1 Å². The van der Waals surface area contributed by atoms with Crippen molar-refractivity contribution in [3.05, 3.63) is 45.8 Å². The number of anilines is 1. The van der Waals surface area contributed by atoms with Gasteiger partial charge in [0, 0.05) is 11.0 Å². The lowest BCUT2D eigenvalue weighted by Crippen LogP contribution is -2.26. The molecular weight excluding hydrogens is 462 g/mol. The van der Waals surface area contributed by atoms with Crippen molar-refractivity contribution in [2.45, 2.75) is 66.9 Å². The van der Waals surface area contributed by atoms with Crippen molar-refractivity contribution in [1.82, 2.24) is 0 Å². The third kappa shape index (κ3) is 6.66. The molecule has 1 aromatic heterocycles. The summed E-state index contributed by atoms with van der Waals surface area (Å²) in [6, 6.07) is 5.51. The number of rotatable bonds is 8. The van der Waals surface area contributed by atoms with Crippen molar-refractivity contribution >= 4 is 34.3 Å². The Hall–Kier alpha value is -2.80. The molecule has 0 radical (unpaired) electrons. The van der Waals surface area contributed by atoms with Crippen LogP contribution in [0.1, 0.15) is 74.3 Å². The Kier molecular flexibility index (Phi) is 8.65. The van der Waals surface area contributed by atoms with Crippen LogP contribution >= 0.6 is 11.3 Å². The third-order valence-electron chi connectivity index (χ3n) is 6.18. The highest BCUT2D eigenvalue weighted by Gasteiger charge is 2.34. The fourth-order valence-electron chi connectivity index (χ4n) is 4.30. The van der Waals surface area contributed by atoms with Crippen molar-refractivity contribution in [2.24, 2.45) is 11.3 Å². The maximum absolute atomic E-state index is 12.8. The first-order valence-corrected chi connectivity index (χ1v) is 13.0. The van der Waals surface area contributed by atoms with Crippen LogP contribution in [0.15, 0.2) is 24.3 Å². The number of esters is 1. The summed E-state index contributed by atoms with van der Waals surface area (Å²) in [5, 5.41) is 3.50. The number of ether oxygens (including phenoxy) is 3. The average Bonchev–Trinajstić information content (AvgIpc) is 3.14. The van der Waals surface area contributed by atoms with E-state index < -0.39 is 0 Å². The van der Waals surface area contributed by atoms with E-state index in [1.165, 1.54) is 22.3 Å². The lowest BCUT2D eigenvalue weighted by atomic mass is 9.72. The van der Waals surface area contributed by atoms with Gasteiger partial charge in [-0.05, 0) is 80.7 Å². The molecule has 1 aliphatic rings. The molecule has 0 saturated heterocycles. The second-order valence-electron chi connectivity index (χ2n) is 10.1. The predicted molar refractivity (Wildman–Crippen MR) is 142 cm³/mol. The molecule has 190 valence electrons. The molecule has 2 aromatic rings. The van der Waals surface area contributed by atoms with Gasteiger partial charge in [-0.1, -0.05) is 26.8 Å². The van der Waals surface area contributed by atoms with Crippen molar-refractivity contribution in [1.29, 1.82) is 0 Å². The number of thiophene rings is 1. The number of amides is 1. The Morgan fingerprint density at radius 1 is 1.23 bits per heavy atom. The quantitative estimate of drug-likeness (QED) is 0.330. The predicted octanol–water partition coefficient (Wildman–Crippen LogP) is 6.52. The maximum Gasteiger partial charge on any atom is 0.341 e. The average molecular weight is 500 g/mol. The third-order valence-corrected chi connectivity index (χ3v) is 7.35. The molecule has 1 unspecified atom stereocenters. The van der Waals surface area contributed by atoms with Crippen molar-refractivity contribution in [3.63, 3.8) is 0 Å². The van der Waals surface area contributed by atoms with Gasteiger partial charge in [0.1, 0.15) is 5.00 Å². The van der Waals surface area contributed by atoms with Crippen LogP contribution in [0, 0.1) is 11.3 Å². The van der Waals surface area contributed by atoms with Gasteiger partial charge in [-0.2, -0.15) is 0 Å². The molecule has 1 aliphatic carbocycles. The molecule has 35 heavy (non-hydrogen) atoms. The summed E-state index contributed by atoms with van der Waals surface area (Å²) in [5.41, 5.74) is 2.53. The zero-order valence-electron chi connectivity index (χ0n) is 21.8. The summed E-state index contributed by atoms with van der Waals surface area (Å²) >= 11 is 1.50. The molecule has 1 amide bonds. The molecule has 3 rings (SSSR count). The van der Waals surface area contributed by atoms with Crippen LogP contribution in [0.25, 0.3) is 6.08 Å². The first kappa shape index (κ1) is 26.8. The van der Waals surface area contributed by atoms with E-state index in [2.05, 4.69) is 26.1 Å². The molecule has 6 nitrogen and oxygen atoms in total. The summed E-state index contributed by atoms with van der Waals surface area (Å²) < 4.78 is 16.5. The molecular formula is C28H37NO5S. The Balaban J connectivity index is 1.81. The van der Waals surface area contributed by atoms with Crippen LogP contribution < -0.4 is 14.8 Å². The Labute approximate surface area is 212 Å². The number of benzene rings is 1. The number of methoxy groups -OCH3 is 1. The molecule has 1 aromatic carbocycles. The van der Waals surface area contributed by atoms with Gasteiger partial charge < -0.3 is 19.5 Å². The summed E-state index contributed by atoms with van der Waals surface area (Å²) in [4.78, 5) is 26.8. The van der Waals surface area contributed by atoms with Gasteiger partial charge in [0.15, 0.2) is 11.5 Å². The Morgan fingerprint density at radius 2 is 1.97 bits per heavy atom. The summed E-state index contributed by atoms with van der Waals surface area (Å²) in [6.07, 6.45) is 5.95. The van der Waals surface area contributed by atoms with E-state index in [-0.39, 0.29) is 23.4 Å². The SMILES string of the molecule is CCOC(=O)c1c(NC(=O)/C=C/c2ccc(OC(C)C)c(OC)c2)sc2c1CCC(C(C)(C)C)C2. The van der Waals surface area contributed by atoms with Gasteiger partial charge in [-0.15, -0.1) is 11.3 Å². The minimum atomic E-state index is -0.371. The van der Waals surface area contributed by atoms with Gasteiger partial charge in [0.2, 0.25) is 5.91 Å². The minimum absolute atomic E-state index is 0.0277. The first-order chi connectivity index (χ1) is 16.5. The number of hydrogen-bond acceptors (Lipinski definition) is 6. The van der Waals surface area contributed by atoms with E-state index in [4.69, 9.17) is 14.2 Å². The number of carbonyl (C=O) groups is 2. The zero-order chi connectivity index (χ0) is 25.8. The molecule has 0 aliphatic heterocycles. The lowest BCUT2D eigenvalue weighted by molar-refractivity contribution is -0.111. The highest BCUT2D eigenvalue weighted by molar-refractivity contribution is 7.17. The maximum atomic E-state index is 12.8. The van der Waals surface area contributed by atoms with Crippen LogP contribution in [-0.4, -0.2) is 31.7 Å². The highest BCUT2D eigenvalue weighted by Crippen LogP contribution is 2.44. The molecule has 1 N–H and O–H groups in total. The highest BCUT2D eigenvalue weighted by atomic mass is 32.1. The normalized spacial score (nSPS) is 15.7. The molecule has 0 bridgehead atoms.